The van der Waals surface area contributed by atoms with Crippen molar-refractivity contribution in [2.75, 3.05) is 7.11 Å². The number of nitrogens with zero attached hydrogens (tertiary/aromatic N) is 1. The van der Waals surface area contributed by atoms with Crippen LogP contribution in [0.5, 0.6) is 0 Å². The van der Waals surface area contributed by atoms with Crippen LogP contribution in [0.15, 0.2) is 48.5 Å². The van der Waals surface area contributed by atoms with Crippen molar-refractivity contribution in [1.29, 1.82) is 0 Å². The average molecular weight is 408 g/mol. The zero-order valence-corrected chi connectivity index (χ0v) is 16.7. The predicted molar refractivity (Wildman–Crippen MR) is 109 cm³/mol. The maximum absolute atomic E-state index is 12.5. The molecule has 2 rings (SSSR count). The minimum atomic E-state index is -1.76. The third-order valence-electron chi connectivity index (χ3n) is 4.43. The lowest BCUT2D eigenvalue weighted by Gasteiger charge is -2.25. The molecule has 0 fully saturated rings. The Morgan fingerprint density at radius 2 is 1.57 bits per heavy atom. The van der Waals surface area contributed by atoms with E-state index in [9.17, 15) is 24.5 Å². The van der Waals surface area contributed by atoms with Gasteiger partial charge in [-0.2, -0.15) is 0 Å². The monoisotopic (exact) mass is 408 g/mol. The van der Waals surface area contributed by atoms with E-state index in [1.165, 1.54) is 26.0 Å². The first-order valence-electron chi connectivity index (χ1n) is 8.89. The molecule has 0 heterocycles. The van der Waals surface area contributed by atoms with Gasteiger partial charge in [-0.1, -0.05) is 24.0 Å². The van der Waals surface area contributed by atoms with Gasteiger partial charge in [-0.05, 0) is 36.4 Å². The number of methoxy groups -OCH3 is 1. The summed E-state index contributed by atoms with van der Waals surface area (Å²) in [6.07, 6.45) is 0.749. The Labute approximate surface area is 173 Å². The number of nitro groups is 1. The molecule has 0 bridgehead atoms. The Kier molecular flexibility index (Phi) is 7.04. The molecule has 0 aliphatic heterocycles. The molecule has 0 spiro atoms. The Morgan fingerprint density at radius 3 is 2.00 bits per heavy atom. The molecular formula is C22H20N2O6. The lowest BCUT2D eigenvalue weighted by molar-refractivity contribution is -0.562. The number of carbonyl (C=O) groups is 3. The van der Waals surface area contributed by atoms with Gasteiger partial charge < -0.3 is 10.1 Å². The van der Waals surface area contributed by atoms with Gasteiger partial charge in [-0.25, -0.2) is 4.79 Å². The summed E-state index contributed by atoms with van der Waals surface area (Å²) < 4.78 is 4.60. The van der Waals surface area contributed by atoms with Crippen molar-refractivity contribution in [2.45, 2.75) is 25.4 Å². The third-order valence-corrected chi connectivity index (χ3v) is 4.43. The standard InChI is InChI=1S/C22H20N2O6/c1-22(2,24(28)29)19(21(27)30-3)23-20(26)18-12-10-16(11-13-18)5-4-15-6-8-17(14-25)9-7-15/h6-14,19H,1-3H3,(H,23,26). The van der Waals surface area contributed by atoms with Crippen molar-refractivity contribution in [3.63, 3.8) is 0 Å². The zero-order valence-electron chi connectivity index (χ0n) is 16.7. The van der Waals surface area contributed by atoms with Crippen LogP contribution in [0.1, 0.15) is 45.7 Å². The van der Waals surface area contributed by atoms with E-state index in [2.05, 4.69) is 21.9 Å². The fourth-order valence-corrected chi connectivity index (χ4v) is 2.46. The molecule has 0 aliphatic rings. The molecule has 1 atom stereocenters. The second-order valence-electron chi connectivity index (χ2n) is 6.91. The van der Waals surface area contributed by atoms with Crippen LogP contribution in [0.2, 0.25) is 0 Å². The van der Waals surface area contributed by atoms with Crippen LogP contribution in [-0.4, -0.2) is 41.8 Å². The molecule has 0 saturated heterocycles. The first-order valence-corrected chi connectivity index (χ1v) is 8.89. The highest BCUT2D eigenvalue weighted by Crippen LogP contribution is 2.16. The molecule has 1 unspecified atom stereocenters. The summed E-state index contributed by atoms with van der Waals surface area (Å²) in [4.78, 5) is 45.8. The average Bonchev–Trinajstić information content (AvgIpc) is 2.75. The Bertz CT molecular complexity index is 1010. The second kappa shape index (κ2) is 9.47. The summed E-state index contributed by atoms with van der Waals surface area (Å²) in [5.41, 5.74) is 0.380. The van der Waals surface area contributed by atoms with Crippen molar-refractivity contribution < 1.29 is 24.0 Å². The number of esters is 1. The van der Waals surface area contributed by atoms with Gasteiger partial charge in [0.2, 0.25) is 5.54 Å². The van der Waals surface area contributed by atoms with Crippen LogP contribution in [0.25, 0.3) is 0 Å². The van der Waals surface area contributed by atoms with Gasteiger partial charge >= 0.3 is 5.97 Å². The predicted octanol–water partition coefficient (Wildman–Crippen LogP) is 2.23. The smallest absolute Gasteiger partial charge is 0.335 e. The maximum Gasteiger partial charge on any atom is 0.335 e. The van der Waals surface area contributed by atoms with Crippen molar-refractivity contribution in [1.82, 2.24) is 5.32 Å². The highest BCUT2D eigenvalue weighted by Gasteiger charge is 2.47. The van der Waals surface area contributed by atoms with Gasteiger partial charge in [0.25, 0.3) is 5.91 Å². The van der Waals surface area contributed by atoms with Crippen LogP contribution in [0, 0.1) is 22.0 Å². The van der Waals surface area contributed by atoms with Crippen LogP contribution < -0.4 is 5.32 Å². The molecule has 8 nitrogen and oxygen atoms in total. The molecule has 0 aliphatic carbocycles. The summed E-state index contributed by atoms with van der Waals surface area (Å²) >= 11 is 0. The number of aldehydes is 1. The first-order chi connectivity index (χ1) is 14.2. The number of benzene rings is 2. The van der Waals surface area contributed by atoms with Crippen LogP contribution >= 0.6 is 0 Å². The van der Waals surface area contributed by atoms with Gasteiger partial charge in [0.05, 0.1) is 7.11 Å². The second-order valence-corrected chi connectivity index (χ2v) is 6.91. The number of amides is 1. The van der Waals surface area contributed by atoms with Gasteiger partial charge in [0.1, 0.15) is 6.29 Å². The molecule has 0 radical (unpaired) electrons. The largest absolute Gasteiger partial charge is 0.467 e. The summed E-state index contributed by atoms with van der Waals surface area (Å²) in [5.74, 6) is 4.33. The van der Waals surface area contributed by atoms with E-state index in [1.807, 2.05) is 0 Å². The van der Waals surface area contributed by atoms with Gasteiger partial charge in [0.15, 0.2) is 6.04 Å². The van der Waals surface area contributed by atoms with Gasteiger partial charge in [-0.15, -0.1) is 0 Å². The number of rotatable bonds is 6. The molecule has 1 N–H and O–H groups in total. The Morgan fingerprint density at radius 1 is 1.07 bits per heavy atom. The number of hydrogen-bond acceptors (Lipinski definition) is 6. The van der Waals surface area contributed by atoms with Crippen LogP contribution in [0.3, 0.4) is 0 Å². The lowest BCUT2D eigenvalue weighted by Crippen LogP contribution is -2.58. The van der Waals surface area contributed by atoms with Crippen molar-refractivity contribution in [3.05, 3.63) is 80.9 Å². The summed E-state index contributed by atoms with van der Waals surface area (Å²) in [5, 5.41) is 13.7. The molecule has 0 saturated carbocycles. The zero-order chi connectivity index (χ0) is 22.3. The molecule has 2 aromatic rings. The number of ether oxygens (including phenoxy) is 1. The Hall–Kier alpha value is -3.99. The minimum Gasteiger partial charge on any atom is -0.467 e. The fraction of sp³-hybridized carbons (Fsp3) is 0.227. The van der Waals surface area contributed by atoms with Crippen molar-refractivity contribution in [2.24, 2.45) is 0 Å². The number of hydrogen-bond donors (Lipinski definition) is 1. The van der Waals surface area contributed by atoms with Crippen molar-refractivity contribution >= 4 is 18.2 Å². The van der Waals surface area contributed by atoms with E-state index in [0.717, 1.165) is 19.0 Å². The van der Waals surface area contributed by atoms with Gasteiger partial charge in [-0.3, -0.25) is 19.7 Å². The third kappa shape index (κ3) is 5.29. The van der Waals surface area contributed by atoms with E-state index in [1.54, 1.807) is 36.4 Å². The van der Waals surface area contributed by atoms with Crippen molar-refractivity contribution in [3.8, 4) is 11.8 Å². The molecule has 1 amide bonds. The summed E-state index contributed by atoms with van der Waals surface area (Å²) in [7, 11) is 1.09. The highest BCUT2D eigenvalue weighted by atomic mass is 16.6. The number of carbonyl (C=O) groups excluding carboxylic acids is 3. The van der Waals surface area contributed by atoms with Gasteiger partial charge in [0, 0.05) is 41.0 Å². The fourth-order valence-electron chi connectivity index (χ4n) is 2.46. The minimum absolute atomic E-state index is 0.212. The Balaban J connectivity index is 2.15. The SMILES string of the molecule is COC(=O)C(NC(=O)c1ccc(C#Cc2ccc(C=O)cc2)cc1)C(C)(C)[N+](=O)[O-]. The molecule has 154 valence electrons. The maximum atomic E-state index is 12.5. The summed E-state index contributed by atoms with van der Waals surface area (Å²) in [6, 6.07) is 11.6. The number of nitrogens with one attached hydrogen (secondary N) is 1. The molecule has 2 aromatic carbocycles. The van der Waals surface area contributed by atoms with Crippen LogP contribution in [-0.2, 0) is 9.53 Å². The molecule has 30 heavy (non-hydrogen) atoms. The lowest BCUT2D eigenvalue weighted by atomic mass is 9.95. The molecular weight excluding hydrogens is 388 g/mol. The molecule has 0 aromatic heterocycles. The topological polar surface area (TPSA) is 116 Å². The normalized spacial score (nSPS) is 11.4. The summed E-state index contributed by atoms with van der Waals surface area (Å²) in [6.45, 7) is 2.46. The van der Waals surface area contributed by atoms with E-state index >= 15 is 0 Å². The first kappa shape index (κ1) is 22.3. The van der Waals surface area contributed by atoms with E-state index in [-0.39, 0.29) is 5.56 Å². The molecule has 8 heteroatoms. The highest BCUT2D eigenvalue weighted by molar-refractivity contribution is 5.97. The quantitative estimate of drug-likeness (QED) is 0.258. The van der Waals surface area contributed by atoms with Crippen LogP contribution in [0.4, 0.5) is 0 Å². The van der Waals surface area contributed by atoms with E-state index in [4.69, 9.17) is 0 Å². The van der Waals surface area contributed by atoms with E-state index in [0.29, 0.717) is 11.1 Å². The van der Waals surface area contributed by atoms with E-state index < -0.39 is 28.4 Å².